The van der Waals surface area contributed by atoms with Gasteiger partial charge in [-0.15, -0.1) is 0 Å². The second-order valence-corrected chi connectivity index (χ2v) is 5.92. The molecule has 3 aromatic carbocycles. The van der Waals surface area contributed by atoms with Gasteiger partial charge in [-0.2, -0.15) is 0 Å². The van der Waals surface area contributed by atoms with Gasteiger partial charge in [0.05, 0.1) is 0 Å². The van der Waals surface area contributed by atoms with Gasteiger partial charge in [-0.1, -0.05) is 82.1 Å². The van der Waals surface area contributed by atoms with Gasteiger partial charge in [0.2, 0.25) is 0 Å². The molecule has 0 fully saturated rings. The van der Waals surface area contributed by atoms with Crippen molar-refractivity contribution >= 4 is 27.5 Å². The number of benzene rings is 3. The van der Waals surface area contributed by atoms with Gasteiger partial charge in [-0.3, -0.25) is 0 Å². The smallest absolute Gasteiger partial charge is 0.0423 e. The lowest BCUT2D eigenvalue weighted by Crippen LogP contribution is -1.85. The number of hydrogen-bond acceptors (Lipinski definition) is 0. The maximum atomic E-state index is 6.17. The van der Waals surface area contributed by atoms with Crippen LogP contribution in [0, 0.1) is 0 Å². The zero-order valence-electron chi connectivity index (χ0n) is 10.7. The van der Waals surface area contributed by atoms with Crippen molar-refractivity contribution in [2.45, 2.75) is 0 Å². The fourth-order valence-corrected chi connectivity index (χ4v) is 3.17. The van der Waals surface area contributed by atoms with E-state index in [1.807, 2.05) is 18.2 Å². The predicted octanol–water partition coefficient (Wildman–Crippen LogP) is 6.44. The average molecular weight is 344 g/mol. The maximum Gasteiger partial charge on any atom is 0.0423 e. The Bertz CT molecular complexity index is 715. The highest BCUT2D eigenvalue weighted by Gasteiger charge is 2.07. The van der Waals surface area contributed by atoms with Gasteiger partial charge in [0.15, 0.2) is 0 Å². The molecule has 0 unspecified atom stereocenters. The highest BCUT2D eigenvalue weighted by atomic mass is 79.9. The summed E-state index contributed by atoms with van der Waals surface area (Å²) in [6.45, 7) is 0. The van der Waals surface area contributed by atoms with E-state index in [1.165, 1.54) is 16.7 Å². The first-order chi connectivity index (χ1) is 9.74. The van der Waals surface area contributed by atoms with E-state index in [0.717, 1.165) is 15.1 Å². The molecule has 0 amide bonds. The molecular weight excluding hydrogens is 332 g/mol. The van der Waals surface area contributed by atoms with Gasteiger partial charge in [0.1, 0.15) is 0 Å². The highest BCUT2D eigenvalue weighted by molar-refractivity contribution is 9.10. The minimum atomic E-state index is 0.734. The van der Waals surface area contributed by atoms with Crippen molar-refractivity contribution < 1.29 is 0 Å². The van der Waals surface area contributed by atoms with Crippen molar-refractivity contribution in [3.63, 3.8) is 0 Å². The molecule has 0 spiro atoms. The van der Waals surface area contributed by atoms with Crippen molar-refractivity contribution in [2.24, 2.45) is 0 Å². The first-order valence-corrected chi connectivity index (χ1v) is 7.52. The van der Waals surface area contributed by atoms with Crippen LogP contribution in [0.5, 0.6) is 0 Å². The molecule has 0 aliphatic heterocycles. The lowest BCUT2D eigenvalue weighted by molar-refractivity contribution is 1.57. The van der Waals surface area contributed by atoms with Crippen LogP contribution in [0.15, 0.2) is 77.3 Å². The second kappa shape index (κ2) is 5.82. The summed E-state index contributed by atoms with van der Waals surface area (Å²) in [7, 11) is 0. The van der Waals surface area contributed by atoms with Crippen molar-refractivity contribution in [3.8, 4) is 22.3 Å². The normalized spacial score (nSPS) is 10.5. The molecule has 0 saturated carbocycles. The summed E-state index contributed by atoms with van der Waals surface area (Å²) < 4.78 is 0.989. The largest absolute Gasteiger partial charge is 0.0843 e. The predicted molar refractivity (Wildman–Crippen MR) is 90.0 cm³/mol. The summed E-state index contributed by atoms with van der Waals surface area (Å²) in [5.74, 6) is 0. The minimum Gasteiger partial charge on any atom is -0.0843 e. The van der Waals surface area contributed by atoms with Crippen LogP contribution in [0.2, 0.25) is 5.02 Å². The summed E-state index contributed by atoms with van der Waals surface area (Å²) in [5, 5.41) is 0.734. The summed E-state index contributed by atoms with van der Waals surface area (Å²) in [6, 6.07) is 24.7. The molecule has 20 heavy (non-hydrogen) atoms. The Balaban J connectivity index is 2.20. The second-order valence-electron chi connectivity index (χ2n) is 4.57. The summed E-state index contributed by atoms with van der Waals surface area (Å²) in [4.78, 5) is 0. The topological polar surface area (TPSA) is 0 Å². The van der Waals surface area contributed by atoms with Gasteiger partial charge in [0, 0.05) is 9.50 Å². The van der Waals surface area contributed by atoms with Crippen LogP contribution >= 0.6 is 27.5 Å². The molecule has 0 atom stereocenters. The monoisotopic (exact) mass is 342 g/mol. The van der Waals surface area contributed by atoms with E-state index in [-0.39, 0.29) is 0 Å². The molecule has 2 heteroatoms. The molecule has 0 aliphatic carbocycles. The summed E-state index contributed by atoms with van der Waals surface area (Å²) in [6.07, 6.45) is 0. The molecule has 0 aliphatic rings. The number of hydrogen-bond donors (Lipinski definition) is 0. The molecule has 0 saturated heterocycles. The fourth-order valence-electron chi connectivity index (χ4n) is 2.31. The number of rotatable bonds is 2. The third-order valence-electron chi connectivity index (χ3n) is 3.19. The first-order valence-electron chi connectivity index (χ1n) is 6.35. The van der Waals surface area contributed by atoms with Gasteiger partial charge in [-0.25, -0.2) is 0 Å². The lowest BCUT2D eigenvalue weighted by Gasteiger charge is -2.11. The first kappa shape index (κ1) is 13.4. The van der Waals surface area contributed by atoms with Gasteiger partial charge in [0.25, 0.3) is 0 Å². The Morgan fingerprint density at radius 1 is 0.650 bits per heavy atom. The van der Waals surface area contributed by atoms with E-state index in [1.54, 1.807) is 0 Å². The molecule has 0 aromatic heterocycles. The van der Waals surface area contributed by atoms with E-state index >= 15 is 0 Å². The molecular formula is C18H12BrCl. The van der Waals surface area contributed by atoms with Gasteiger partial charge < -0.3 is 0 Å². The van der Waals surface area contributed by atoms with Gasteiger partial charge in [-0.05, 0) is 40.5 Å². The lowest BCUT2D eigenvalue weighted by atomic mass is 9.95. The fraction of sp³-hybridized carbons (Fsp3) is 0. The Labute approximate surface area is 132 Å². The van der Waals surface area contributed by atoms with Crippen molar-refractivity contribution in [2.75, 3.05) is 0 Å². The average Bonchev–Trinajstić information content (AvgIpc) is 2.47. The third-order valence-corrected chi connectivity index (χ3v) is 3.86. The molecule has 3 aromatic rings. The van der Waals surface area contributed by atoms with E-state index in [0.29, 0.717) is 0 Å². The van der Waals surface area contributed by atoms with Crippen LogP contribution in [0.3, 0.4) is 0 Å². The Morgan fingerprint density at radius 3 is 1.90 bits per heavy atom. The molecule has 3 rings (SSSR count). The minimum absolute atomic E-state index is 0.734. The molecule has 0 radical (unpaired) electrons. The standard InChI is InChI=1S/C18H12BrCl/c19-15-10-14(11-16(20)12-15)18-9-5-4-8-17(18)13-6-2-1-3-7-13/h1-12H. The van der Waals surface area contributed by atoms with Gasteiger partial charge >= 0.3 is 0 Å². The Morgan fingerprint density at radius 2 is 1.25 bits per heavy atom. The summed E-state index contributed by atoms with van der Waals surface area (Å²) >= 11 is 9.68. The van der Waals surface area contributed by atoms with Crippen molar-refractivity contribution in [1.29, 1.82) is 0 Å². The van der Waals surface area contributed by atoms with Crippen LogP contribution < -0.4 is 0 Å². The molecule has 0 nitrogen and oxygen atoms in total. The SMILES string of the molecule is Clc1cc(Br)cc(-c2ccccc2-c2ccccc2)c1. The molecule has 0 N–H and O–H groups in total. The molecule has 0 bridgehead atoms. The van der Waals surface area contributed by atoms with Crippen LogP contribution in [-0.4, -0.2) is 0 Å². The van der Waals surface area contributed by atoms with E-state index in [2.05, 4.69) is 70.5 Å². The molecule has 98 valence electrons. The molecule has 0 heterocycles. The van der Waals surface area contributed by atoms with Crippen LogP contribution in [0.25, 0.3) is 22.3 Å². The highest BCUT2D eigenvalue weighted by Crippen LogP contribution is 2.34. The van der Waals surface area contributed by atoms with Crippen molar-refractivity contribution in [1.82, 2.24) is 0 Å². The van der Waals surface area contributed by atoms with E-state index in [4.69, 9.17) is 11.6 Å². The van der Waals surface area contributed by atoms with Crippen LogP contribution in [0.1, 0.15) is 0 Å². The van der Waals surface area contributed by atoms with Crippen molar-refractivity contribution in [3.05, 3.63) is 82.3 Å². The quantitative estimate of drug-likeness (QED) is 0.502. The van der Waals surface area contributed by atoms with E-state index in [9.17, 15) is 0 Å². The third kappa shape index (κ3) is 2.79. The maximum absolute atomic E-state index is 6.17. The van der Waals surface area contributed by atoms with Crippen LogP contribution in [-0.2, 0) is 0 Å². The van der Waals surface area contributed by atoms with Crippen LogP contribution in [0.4, 0.5) is 0 Å². The summed E-state index contributed by atoms with van der Waals surface area (Å²) in [5.41, 5.74) is 4.71. The number of halogens is 2. The van der Waals surface area contributed by atoms with E-state index < -0.39 is 0 Å². The Kier molecular flexibility index (Phi) is 3.90. The zero-order valence-corrected chi connectivity index (χ0v) is 13.0. The Hall–Kier alpha value is -1.57. The zero-order chi connectivity index (χ0) is 13.9.